The summed E-state index contributed by atoms with van der Waals surface area (Å²) in [5.74, 6) is -1.67. The average molecular weight is 234 g/mol. The topological polar surface area (TPSA) is 129 Å². The van der Waals surface area contributed by atoms with Gasteiger partial charge in [-0.1, -0.05) is 0 Å². The van der Waals surface area contributed by atoms with E-state index in [1.54, 1.807) is 6.07 Å². The molecule has 7 heteroatoms. The molecule has 7 nitrogen and oxygen atoms in total. The summed E-state index contributed by atoms with van der Waals surface area (Å²) in [4.78, 5) is 25.5. The van der Waals surface area contributed by atoms with Crippen molar-refractivity contribution in [3.63, 3.8) is 0 Å². The quantitative estimate of drug-likeness (QED) is 0.670. The number of nitriles is 1. The molecule has 4 N–H and O–H groups in total. The molecule has 0 aliphatic rings. The minimum atomic E-state index is -1.15. The fourth-order valence-corrected chi connectivity index (χ4v) is 1.02. The van der Waals surface area contributed by atoms with E-state index in [0.717, 1.165) is 0 Å². The lowest BCUT2D eigenvalue weighted by Crippen LogP contribution is -2.35. The Hall–Kier alpha value is -2.46. The van der Waals surface area contributed by atoms with Crippen molar-refractivity contribution in [3.8, 4) is 6.07 Å². The van der Waals surface area contributed by atoms with Gasteiger partial charge in [0.15, 0.2) is 0 Å². The summed E-state index contributed by atoms with van der Waals surface area (Å²) in [5, 5.41) is 19.4. The molecule has 0 bridgehead atoms. The number of nitrogens with two attached hydrogens (primary N) is 1. The predicted octanol–water partition coefficient (Wildman–Crippen LogP) is -0.0407. The highest BCUT2D eigenvalue weighted by Gasteiger charge is 2.13. The molecule has 88 valence electrons. The van der Waals surface area contributed by atoms with Crippen molar-refractivity contribution in [2.75, 3.05) is 5.32 Å². The Morgan fingerprint density at radius 1 is 1.59 bits per heavy atom. The molecular formula is C10H10N4O3. The van der Waals surface area contributed by atoms with Crippen LogP contribution in [0.4, 0.5) is 5.69 Å². The molecule has 17 heavy (non-hydrogen) atoms. The average Bonchev–Trinajstić information content (AvgIpc) is 2.30. The van der Waals surface area contributed by atoms with Crippen LogP contribution < -0.4 is 11.1 Å². The summed E-state index contributed by atoms with van der Waals surface area (Å²) in [7, 11) is 0. The van der Waals surface area contributed by atoms with Gasteiger partial charge in [-0.25, -0.2) is 9.78 Å². The second kappa shape index (κ2) is 5.58. The first-order valence-corrected chi connectivity index (χ1v) is 4.67. The maximum atomic E-state index is 11.4. The van der Waals surface area contributed by atoms with Crippen LogP contribution in [0.3, 0.4) is 0 Å². The van der Waals surface area contributed by atoms with E-state index in [4.69, 9.17) is 16.1 Å². The molecule has 0 fully saturated rings. The fraction of sp³-hybridized carbons (Fsp3) is 0.200. The first-order valence-electron chi connectivity index (χ1n) is 4.67. The third kappa shape index (κ3) is 3.55. The van der Waals surface area contributed by atoms with Crippen LogP contribution in [0, 0.1) is 11.3 Å². The third-order valence-electron chi connectivity index (χ3n) is 1.90. The normalized spacial score (nSPS) is 11.3. The Balaban J connectivity index is 2.67. The number of anilines is 1. The predicted molar refractivity (Wildman–Crippen MR) is 58.0 cm³/mol. The van der Waals surface area contributed by atoms with Gasteiger partial charge in [-0.2, -0.15) is 5.26 Å². The van der Waals surface area contributed by atoms with E-state index in [1.165, 1.54) is 18.3 Å². The molecule has 1 atom stereocenters. The standard InChI is InChI=1S/C10H10N4O3/c11-4-3-7(12)9(15)14-6-1-2-8(10(16)17)13-5-6/h1-2,5,7H,3,12H2,(H,14,15)(H,16,17)/t7-/m0/s1. The van der Waals surface area contributed by atoms with Gasteiger partial charge in [-0.05, 0) is 12.1 Å². The fourth-order valence-electron chi connectivity index (χ4n) is 1.02. The van der Waals surface area contributed by atoms with Gasteiger partial charge < -0.3 is 16.2 Å². The van der Waals surface area contributed by atoms with Crippen LogP contribution in [0.15, 0.2) is 18.3 Å². The van der Waals surface area contributed by atoms with E-state index >= 15 is 0 Å². The largest absolute Gasteiger partial charge is 0.477 e. The number of hydrogen-bond donors (Lipinski definition) is 3. The molecule has 1 heterocycles. The Bertz CT molecular complexity index is 463. The number of amides is 1. The third-order valence-corrected chi connectivity index (χ3v) is 1.90. The number of carboxylic acid groups (broad SMARTS) is 1. The van der Waals surface area contributed by atoms with Crippen LogP contribution in [0.25, 0.3) is 0 Å². The maximum Gasteiger partial charge on any atom is 0.354 e. The molecule has 0 aromatic carbocycles. The summed E-state index contributed by atoms with van der Waals surface area (Å²) in [5.41, 5.74) is 5.61. The van der Waals surface area contributed by atoms with Gasteiger partial charge in [-0.3, -0.25) is 4.79 Å². The molecule has 0 unspecified atom stereocenters. The number of carboxylic acids is 1. The molecule has 1 aromatic rings. The zero-order chi connectivity index (χ0) is 12.8. The first kappa shape index (κ1) is 12.6. The van der Waals surface area contributed by atoms with Crippen LogP contribution in [0.1, 0.15) is 16.9 Å². The minimum Gasteiger partial charge on any atom is -0.477 e. The molecule has 0 saturated heterocycles. The molecule has 0 aliphatic heterocycles. The number of aromatic nitrogens is 1. The minimum absolute atomic E-state index is 0.0908. The van der Waals surface area contributed by atoms with Crippen molar-refractivity contribution < 1.29 is 14.7 Å². The SMILES string of the molecule is N#CC[C@H](N)C(=O)Nc1ccc(C(=O)O)nc1. The zero-order valence-corrected chi connectivity index (χ0v) is 8.75. The number of carbonyl (C=O) groups excluding carboxylic acids is 1. The van der Waals surface area contributed by atoms with Crippen molar-refractivity contribution in [3.05, 3.63) is 24.0 Å². The van der Waals surface area contributed by atoms with Crippen LogP contribution in [0.5, 0.6) is 0 Å². The number of aromatic carboxylic acids is 1. The number of pyridine rings is 1. The second-order valence-corrected chi connectivity index (χ2v) is 3.20. The first-order chi connectivity index (χ1) is 8.04. The second-order valence-electron chi connectivity index (χ2n) is 3.20. The molecule has 1 rings (SSSR count). The molecular weight excluding hydrogens is 224 g/mol. The van der Waals surface area contributed by atoms with Gasteiger partial charge in [0.2, 0.25) is 5.91 Å². The Kier molecular flexibility index (Phi) is 4.14. The zero-order valence-electron chi connectivity index (χ0n) is 8.75. The number of nitrogens with zero attached hydrogens (tertiary/aromatic N) is 2. The maximum absolute atomic E-state index is 11.4. The Morgan fingerprint density at radius 3 is 2.76 bits per heavy atom. The van der Waals surface area contributed by atoms with E-state index in [0.29, 0.717) is 5.69 Å². The van der Waals surface area contributed by atoms with Gasteiger partial charge in [0.25, 0.3) is 0 Å². The van der Waals surface area contributed by atoms with E-state index in [9.17, 15) is 9.59 Å². The lowest BCUT2D eigenvalue weighted by atomic mass is 10.2. The van der Waals surface area contributed by atoms with E-state index in [2.05, 4.69) is 10.3 Å². The van der Waals surface area contributed by atoms with Gasteiger partial charge >= 0.3 is 5.97 Å². The number of hydrogen-bond acceptors (Lipinski definition) is 5. The number of rotatable bonds is 4. The van der Waals surface area contributed by atoms with Crippen molar-refractivity contribution in [2.24, 2.45) is 5.73 Å². The Morgan fingerprint density at radius 2 is 2.29 bits per heavy atom. The molecule has 0 radical (unpaired) electrons. The van der Waals surface area contributed by atoms with Gasteiger partial charge in [0, 0.05) is 0 Å². The van der Waals surface area contributed by atoms with Gasteiger partial charge in [-0.15, -0.1) is 0 Å². The Labute approximate surface area is 96.9 Å². The summed E-state index contributed by atoms with van der Waals surface area (Å²) in [6.07, 6.45) is 1.12. The number of nitrogens with one attached hydrogen (secondary N) is 1. The van der Waals surface area contributed by atoms with Crippen molar-refractivity contribution in [1.29, 1.82) is 5.26 Å². The lowest BCUT2D eigenvalue weighted by molar-refractivity contribution is -0.117. The molecule has 0 saturated carbocycles. The van der Waals surface area contributed by atoms with Crippen LogP contribution in [0.2, 0.25) is 0 Å². The van der Waals surface area contributed by atoms with Crippen LogP contribution in [-0.2, 0) is 4.79 Å². The van der Waals surface area contributed by atoms with Crippen molar-refractivity contribution >= 4 is 17.6 Å². The highest BCUT2D eigenvalue weighted by Crippen LogP contribution is 2.06. The van der Waals surface area contributed by atoms with E-state index in [1.807, 2.05) is 0 Å². The monoisotopic (exact) mass is 234 g/mol. The van der Waals surface area contributed by atoms with Crippen LogP contribution in [-0.4, -0.2) is 28.0 Å². The molecule has 1 aromatic heterocycles. The highest BCUT2D eigenvalue weighted by atomic mass is 16.4. The summed E-state index contributed by atoms with van der Waals surface area (Å²) >= 11 is 0. The van der Waals surface area contributed by atoms with E-state index < -0.39 is 17.9 Å². The van der Waals surface area contributed by atoms with Gasteiger partial charge in [0.05, 0.1) is 30.4 Å². The molecule has 0 aliphatic carbocycles. The smallest absolute Gasteiger partial charge is 0.354 e. The highest BCUT2D eigenvalue weighted by molar-refractivity contribution is 5.95. The summed E-state index contributed by atoms with van der Waals surface area (Å²) in [6, 6.07) is 3.52. The summed E-state index contributed by atoms with van der Waals surface area (Å²) in [6.45, 7) is 0. The summed E-state index contributed by atoms with van der Waals surface area (Å²) < 4.78 is 0. The molecule has 0 spiro atoms. The molecule has 1 amide bonds. The lowest BCUT2D eigenvalue weighted by Gasteiger charge is -2.08. The van der Waals surface area contributed by atoms with E-state index in [-0.39, 0.29) is 12.1 Å². The number of carbonyl (C=O) groups is 2. The van der Waals surface area contributed by atoms with Crippen LogP contribution >= 0.6 is 0 Å². The van der Waals surface area contributed by atoms with Crippen molar-refractivity contribution in [2.45, 2.75) is 12.5 Å². The van der Waals surface area contributed by atoms with Gasteiger partial charge in [0.1, 0.15) is 5.69 Å². The van der Waals surface area contributed by atoms with Crippen molar-refractivity contribution in [1.82, 2.24) is 4.98 Å².